The van der Waals surface area contributed by atoms with Crippen molar-refractivity contribution < 1.29 is 4.79 Å². The zero-order chi connectivity index (χ0) is 9.52. The van der Waals surface area contributed by atoms with Gasteiger partial charge in [0.2, 0.25) is 5.91 Å². The first-order valence-electron chi connectivity index (χ1n) is 4.30. The highest BCUT2D eigenvalue weighted by molar-refractivity contribution is 8.76. The van der Waals surface area contributed by atoms with Gasteiger partial charge in [0.1, 0.15) is 0 Å². The molecule has 4 heteroatoms. The number of hydrogen-bond acceptors (Lipinski definition) is 3. The topological polar surface area (TPSA) is 20.3 Å². The molecule has 0 radical (unpaired) electrons. The minimum Gasteiger partial charge on any atom is -0.341 e. The molecule has 1 fully saturated rings. The van der Waals surface area contributed by atoms with Crippen LogP contribution >= 0.6 is 21.6 Å². The molecule has 0 atom stereocenters. The highest BCUT2D eigenvalue weighted by Gasteiger charge is 2.14. The summed E-state index contributed by atoms with van der Waals surface area (Å²) in [6.07, 6.45) is 6.18. The number of rotatable bonds is 2. The van der Waals surface area contributed by atoms with Crippen molar-refractivity contribution in [2.45, 2.75) is 12.8 Å². The summed E-state index contributed by atoms with van der Waals surface area (Å²) < 4.78 is 0. The maximum atomic E-state index is 11.5. The molecule has 0 bridgehead atoms. The molecule has 13 heavy (non-hydrogen) atoms. The van der Waals surface area contributed by atoms with Crippen LogP contribution in [0.5, 0.6) is 0 Å². The average Bonchev–Trinajstić information content (AvgIpc) is 2.42. The molecular formula is C9H13NOS2. The summed E-state index contributed by atoms with van der Waals surface area (Å²) in [5.41, 5.74) is 0. The van der Waals surface area contributed by atoms with Gasteiger partial charge in [0.25, 0.3) is 0 Å². The summed E-state index contributed by atoms with van der Waals surface area (Å²) in [6, 6.07) is 0. The van der Waals surface area contributed by atoms with E-state index in [4.69, 9.17) is 6.42 Å². The number of carbonyl (C=O) groups is 1. The van der Waals surface area contributed by atoms with Gasteiger partial charge in [-0.25, -0.2) is 0 Å². The van der Waals surface area contributed by atoms with Gasteiger partial charge >= 0.3 is 0 Å². The van der Waals surface area contributed by atoms with Crippen molar-refractivity contribution in [2.24, 2.45) is 0 Å². The van der Waals surface area contributed by atoms with Crippen LogP contribution in [0.2, 0.25) is 0 Å². The van der Waals surface area contributed by atoms with Crippen LogP contribution in [0.4, 0.5) is 0 Å². The van der Waals surface area contributed by atoms with E-state index in [9.17, 15) is 4.79 Å². The summed E-state index contributed by atoms with van der Waals surface area (Å²) in [5.74, 6) is 4.77. The minimum atomic E-state index is 0.209. The number of nitrogens with zero attached hydrogens (tertiary/aromatic N) is 1. The van der Waals surface area contributed by atoms with Crippen LogP contribution in [0.1, 0.15) is 12.8 Å². The lowest BCUT2D eigenvalue weighted by Gasteiger charge is -2.18. The van der Waals surface area contributed by atoms with E-state index in [0.717, 1.165) is 24.6 Å². The van der Waals surface area contributed by atoms with Crippen LogP contribution in [0.25, 0.3) is 0 Å². The van der Waals surface area contributed by atoms with Gasteiger partial charge in [-0.1, -0.05) is 21.6 Å². The van der Waals surface area contributed by atoms with Gasteiger partial charge in [-0.05, 0) is 0 Å². The number of carbonyl (C=O) groups excluding carboxylic acids is 1. The Kier molecular flexibility index (Phi) is 5.18. The molecule has 0 aromatic heterocycles. The van der Waals surface area contributed by atoms with Crippen molar-refractivity contribution in [3.8, 4) is 12.3 Å². The highest BCUT2D eigenvalue weighted by atomic mass is 33.1. The summed E-state index contributed by atoms with van der Waals surface area (Å²) in [5, 5.41) is 0. The molecule has 72 valence electrons. The van der Waals surface area contributed by atoms with E-state index in [2.05, 4.69) is 5.92 Å². The Morgan fingerprint density at radius 1 is 1.38 bits per heavy atom. The Bertz CT molecular complexity index is 204. The highest BCUT2D eigenvalue weighted by Crippen LogP contribution is 2.24. The van der Waals surface area contributed by atoms with Crippen molar-refractivity contribution >= 4 is 27.5 Å². The van der Waals surface area contributed by atoms with Gasteiger partial charge in [0, 0.05) is 37.4 Å². The van der Waals surface area contributed by atoms with E-state index in [1.54, 1.807) is 0 Å². The van der Waals surface area contributed by atoms with Crippen LogP contribution in [0, 0.1) is 12.3 Å². The Morgan fingerprint density at radius 3 is 2.54 bits per heavy atom. The predicted molar refractivity (Wildman–Crippen MR) is 59.6 cm³/mol. The van der Waals surface area contributed by atoms with E-state index in [0.29, 0.717) is 12.8 Å². The van der Waals surface area contributed by atoms with Crippen LogP contribution < -0.4 is 0 Å². The summed E-state index contributed by atoms with van der Waals surface area (Å²) in [6.45, 7) is 1.75. The van der Waals surface area contributed by atoms with Crippen LogP contribution in [0.3, 0.4) is 0 Å². The zero-order valence-corrected chi connectivity index (χ0v) is 9.12. The number of terminal acetylenes is 1. The average molecular weight is 215 g/mol. The molecule has 0 aromatic rings. The maximum absolute atomic E-state index is 11.5. The Labute approximate surface area is 87.2 Å². The van der Waals surface area contributed by atoms with Gasteiger partial charge in [-0.2, -0.15) is 0 Å². The molecule has 1 rings (SSSR count). The zero-order valence-electron chi connectivity index (χ0n) is 7.49. The fraction of sp³-hybridized carbons (Fsp3) is 0.667. The molecule has 0 unspecified atom stereocenters. The molecule has 0 spiro atoms. The second-order valence-electron chi connectivity index (χ2n) is 2.73. The number of hydrogen-bond donors (Lipinski definition) is 0. The van der Waals surface area contributed by atoms with E-state index >= 15 is 0 Å². The molecule has 1 amide bonds. The van der Waals surface area contributed by atoms with Crippen LogP contribution in [-0.2, 0) is 4.79 Å². The molecule has 1 aliphatic rings. The predicted octanol–water partition coefficient (Wildman–Crippen LogP) is 1.62. The van der Waals surface area contributed by atoms with Gasteiger partial charge < -0.3 is 4.90 Å². The second kappa shape index (κ2) is 6.22. The lowest BCUT2D eigenvalue weighted by Crippen LogP contribution is -2.33. The van der Waals surface area contributed by atoms with Gasteiger partial charge in [0.15, 0.2) is 0 Å². The molecule has 1 heterocycles. The van der Waals surface area contributed by atoms with Crippen molar-refractivity contribution in [1.29, 1.82) is 0 Å². The first-order chi connectivity index (χ1) is 6.34. The maximum Gasteiger partial charge on any atom is 0.223 e. The Hall–Kier alpha value is -0.270. The largest absolute Gasteiger partial charge is 0.341 e. The van der Waals surface area contributed by atoms with Crippen LogP contribution in [-0.4, -0.2) is 35.4 Å². The SMILES string of the molecule is C#CCCC(=O)N1CCSSCC1. The molecular weight excluding hydrogens is 202 g/mol. The summed E-state index contributed by atoms with van der Waals surface area (Å²) >= 11 is 0. The minimum absolute atomic E-state index is 0.209. The Morgan fingerprint density at radius 2 is 2.00 bits per heavy atom. The fourth-order valence-electron chi connectivity index (χ4n) is 1.11. The monoisotopic (exact) mass is 215 g/mol. The second-order valence-corrected chi connectivity index (χ2v) is 5.43. The summed E-state index contributed by atoms with van der Waals surface area (Å²) in [4.78, 5) is 13.4. The molecule has 0 saturated carbocycles. The quantitative estimate of drug-likeness (QED) is 0.516. The molecule has 0 aliphatic carbocycles. The van der Waals surface area contributed by atoms with Crippen molar-refractivity contribution in [3.63, 3.8) is 0 Å². The van der Waals surface area contributed by atoms with Crippen molar-refractivity contribution in [3.05, 3.63) is 0 Å². The third-order valence-electron chi connectivity index (χ3n) is 1.81. The normalized spacial score (nSPS) is 17.6. The smallest absolute Gasteiger partial charge is 0.223 e. The van der Waals surface area contributed by atoms with Gasteiger partial charge in [-0.3, -0.25) is 4.79 Å². The third-order valence-corrected chi connectivity index (χ3v) is 4.17. The fourth-order valence-corrected chi connectivity index (χ4v) is 3.09. The van der Waals surface area contributed by atoms with E-state index < -0.39 is 0 Å². The first kappa shape index (κ1) is 10.8. The number of amides is 1. The van der Waals surface area contributed by atoms with E-state index in [-0.39, 0.29) is 5.91 Å². The van der Waals surface area contributed by atoms with Crippen molar-refractivity contribution in [1.82, 2.24) is 4.90 Å². The standard InChI is InChI=1S/C9H13NOS2/c1-2-3-4-9(11)10-5-7-12-13-8-6-10/h1H,3-8H2. The Balaban J connectivity index is 2.31. The molecule has 2 nitrogen and oxygen atoms in total. The lowest BCUT2D eigenvalue weighted by atomic mass is 10.3. The van der Waals surface area contributed by atoms with E-state index in [1.165, 1.54) is 0 Å². The molecule has 0 aromatic carbocycles. The molecule has 0 N–H and O–H groups in total. The molecule has 1 aliphatic heterocycles. The van der Waals surface area contributed by atoms with Crippen molar-refractivity contribution in [2.75, 3.05) is 24.6 Å². The van der Waals surface area contributed by atoms with Gasteiger partial charge in [0.05, 0.1) is 0 Å². The van der Waals surface area contributed by atoms with Gasteiger partial charge in [-0.15, -0.1) is 12.3 Å². The van der Waals surface area contributed by atoms with E-state index in [1.807, 2.05) is 26.5 Å². The molecule has 1 saturated heterocycles. The van der Waals surface area contributed by atoms with Crippen LogP contribution in [0.15, 0.2) is 0 Å². The third kappa shape index (κ3) is 3.97. The summed E-state index contributed by atoms with van der Waals surface area (Å²) in [7, 11) is 3.69. The lowest BCUT2D eigenvalue weighted by molar-refractivity contribution is -0.130. The first-order valence-corrected chi connectivity index (χ1v) is 6.79.